The molecule has 1 aromatic carbocycles. The molecule has 101 heavy (non-hydrogen) atoms. The van der Waals surface area contributed by atoms with Crippen LogP contribution in [-0.2, 0) is 83.1 Å². The molecule has 0 bridgehead atoms. The number of fused-ring (bicyclic) bond motifs is 1. The molecule has 13 atom stereocenters. The van der Waals surface area contributed by atoms with Gasteiger partial charge in [0.1, 0.15) is 78.5 Å². The van der Waals surface area contributed by atoms with E-state index in [1.54, 1.807) is 72.0 Å². The molecule has 0 aliphatic carbocycles. The van der Waals surface area contributed by atoms with Crippen LogP contribution < -0.4 is 80.6 Å². The van der Waals surface area contributed by atoms with Gasteiger partial charge in [-0.3, -0.25) is 76.7 Å². The van der Waals surface area contributed by atoms with E-state index in [2.05, 4.69) is 99.4 Å². The Morgan fingerprint density at radius 1 is 0.436 bits per heavy atom. The van der Waals surface area contributed by atoms with E-state index in [0.717, 1.165) is 0 Å². The Kier molecular flexibility index (Phi) is 38.5. The number of para-hydroxylation sites is 1. The van der Waals surface area contributed by atoms with Crippen LogP contribution in [0.15, 0.2) is 30.5 Å². The number of carboxylic acids is 2. The number of unbranched alkanes of at least 4 members (excludes halogenated alkanes) is 1. The fourth-order valence-electron chi connectivity index (χ4n) is 10.0. The zero-order valence-electron chi connectivity index (χ0n) is 58.4. The van der Waals surface area contributed by atoms with E-state index < -0.39 is 205 Å². The molecule has 0 aliphatic rings. The summed E-state index contributed by atoms with van der Waals surface area (Å²) in [5.41, 5.74) is 12.1. The number of thiol groups is 2. The zero-order valence-corrected chi connectivity index (χ0v) is 60.2. The summed E-state index contributed by atoms with van der Waals surface area (Å²) < 4.78 is 0. The molecular formula is C64H102N16O19S2. The molecule has 0 unspecified atom stereocenters. The molecule has 0 fully saturated rings. The van der Waals surface area contributed by atoms with Crippen LogP contribution in [0.1, 0.15) is 133 Å². The number of rotatable bonds is 46. The lowest BCUT2D eigenvalue weighted by molar-refractivity contribution is -0.142. The minimum absolute atomic E-state index is 0.0276. The molecule has 1 heterocycles. The van der Waals surface area contributed by atoms with E-state index >= 15 is 0 Å². The van der Waals surface area contributed by atoms with Gasteiger partial charge in [0.2, 0.25) is 82.7 Å². The van der Waals surface area contributed by atoms with Crippen molar-refractivity contribution in [2.75, 3.05) is 24.7 Å². The maximum Gasteiger partial charge on any atom is 0.305 e. The van der Waals surface area contributed by atoms with Gasteiger partial charge < -0.3 is 101 Å². The van der Waals surface area contributed by atoms with Crippen molar-refractivity contribution in [3.63, 3.8) is 0 Å². The normalized spacial score (nSPS) is 15.1. The monoisotopic (exact) mass is 1460 g/mol. The first-order valence-electron chi connectivity index (χ1n) is 33.1. The Morgan fingerprint density at radius 3 is 1.25 bits per heavy atom. The van der Waals surface area contributed by atoms with Gasteiger partial charge in [-0.05, 0) is 102 Å². The predicted octanol–water partition coefficient (Wildman–Crippen LogP) is -3.96. The largest absolute Gasteiger partial charge is 0.481 e. The van der Waals surface area contributed by atoms with Gasteiger partial charge in [-0.25, -0.2) is 0 Å². The lowest BCUT2D eigenvalue weighted by Crippen LogP contribution is -2.61. The number of nitrogens with one attached hydrogen (secondary N) is 14. The summed E-state index contributed by atoms with van der Waals surface area (Å²) in [5, 5.41) is 62.4. The van der Waals surface area contributed by atoms with E-state index in [0.29, 0.717) is 22.9 Å². The fourth-order valence-corrected chi connectivity index (χ4v) is 10.5. The Hall–Kier alpha value is -9.10. The number of hydrogen-bond donors (Lipinski definition) is 21. The maximum atomic E-state index is 14.6. The van der Waals surface area contributed by atoms with Crippen LogP contribution in [0.3, 0.4) is 0 Å². The van der Waals surface area contributed by atoms with Crippen LogP contribution in [0.5, 0.6) is 0 Å². The SMILES string of the molecule is CC(=O)N[C@@H](C)C(=O)N[C@@H](CS)C(=O)N[C@@H](CC(C)C)C(=O)N[C@@H](CC(C)C)C(=O)N[C@@H](CCC(=O)O)C(=O)N[C@@H](CC(C)C)C(=O)N[C@@H](CC(=O)O)C(=O)N[C@@H](CCCCN)C(=O)N[C@@H](Cc1c[nH]c2ccccc12)C(=O)N[C@@H](C)C(=O)N[C@@H](CO)C(=O)N[C@@H](CS)C(=O)N[C@@H](C)C(N)=O. The number of aromatic amines is 1. The minimum Gasteiger partial charge on any atom is -0.481 e. The van der Waals surface area contributed by atoms with Crippen LogP contribution in [0.2, 0.25) is 0 Å². The molecule has 2 aromatic rings. The van der Waals surface area contributed by atoms with Crippen molar-refractivity contribution in [3.8, 4) is 0 Å². The van der Waals surface area contributed by atoms with Crippen molar-refractivity contribution in [2.24, 2.45) is 29.2 Å². The molecule has 35 nitrogen and oxygen atoms in total. The van der Waals surface area contributed by atoms with Crippen LogP contribution in [0.25, 0.3) is 10.9 Å². The Bertz CT molecular complexity index is 3230. The highest BCUT2D eigenvalue weighted by Gasteiger charge is 2.38. The minimum atomic E-state index is -1.98. The predicted molar refractivity (Wildman–Crippen MR) is 374 cm³/mol. The summed E-state index contributed by atoms with van der Waals surface area (Å²) in [4.78, 5) is 217. The molecule has 1 aromatic heterocycles. The molecule has 564 valence electrons. The van der Waals surface area contributed by atoms with Gasteiger partial charge in [-0.15, -0.1) is 0 Å². The Balaban J connectivity index is 2.52. The second kappa shape index (κ2) is 44.2. The van der Waals surface area contributed by atoms with Gasteiger partial charge in [0.15, 0.2) is 0 Å². The number of hydrogen-bond acceptors (Lipinski definition) is 20. The number of aliphatic carboxylic acids is 2. The fraction of sp³-hybridized carbons (Fsp3) is 0.625. The summed E-state index contributed by atoms with van der Waals surface area (Å²) >= 11 is 8.25. The highest BCUT2D eigenvalue weighted by Crippen LogP contribution is 2.20. The van der Waals surface area contributed by atoms with Gasteiger partial charge in [-0.2, -0.15) is 25.3 Å². The third kappa shape index (κ3) is 31.5. The molecule has 0 aliphatic heterocycles. The average molecular weight is 1460 g/mol. The van der Waals surface area contributed by atoms with Gasteiger partial charge >= 0.3 is 11.9 Å². The number of aliphatic hydroxyl groups excluding tert-OH is 1. The van der Waals surface area contributed by atoms with Crippen LogP contribution in [0, 0.1) is 17.8 Å². The van der Waals surface area contributed by atoms with Gasteiger partial charge in [0.05, 0.1) is 13.0 Å². The highest BCUT2D eigenvalue weighted by molar-refractivity contribution is 7.80. The topological polar surface area (TPSA) is 558 Å². The summed E-state index contributed by atoms with van der Waals surface area (Å²) in [7, 11) is 0. The van der Waals surface area contributed by atoms with Crippen molar-refractivity contribution in [2.45, 2.75) is 212 Å². The molecule has 21 N–H and O–H groups in total. The second-order valence-corrected chi connectivity index (χ2v) is 26.4. The van der Waals surface area contributed by atoms with E-state index in [9.17, 15) is 92.0 Å². The van der Waals surface area contributed by atoms with Crippen LogP contribution in [-0.4, -0.2) is 218 Å². The first kappa shape index (κ1) is 88.0. The van der Waals surface area contributed by atoms with Crippen LogP contribution >= 0.6 is 25.3 Å². The zero-order chi connectivity index (χ0) is 76.5. The summed E-state index contributed by atoms with van der Waals surface area (Å²) in [6.07, 6.45) is -1.01. The number of H-pyrrole nitrogens is 1. The first-order valence-corrected chi connectivity index (χ1v) is 34.3. The number of carbonyl (C=O) groups excluding carboxylic acids is 14. The van der Waals surface area contributed by atoms with E-state index in [-0.39, 0.29) is 68.4 Å². The van der Waals surface area contributed by atoms with E-state index in [1.807, 2.05) is 0 Å². The highest BCUT2D eigenvalue weighted by atomic mass is 32.1. The third-order valence-corrected chi connectivity index (χ3v) is 16.2. The van der Waals surface area contributed by atoms with E-state index in [4.69, 9.17) is 11.5 Å². The molecule has 0 saturated carbocycles. The lowest BCUT2D eigenvalue weighted by Gasteiger charge is -2.29. The summed E-state index contributed by atoms with van der Waals surface area (Å²) in [6.45, 7) is 14.5. The first-order chi connectivity index (χ1) is 47.4. The van der Waals surface area contributed by atoms with Crippen LogP contribution in [0.4, 0.5) is 0 Å². The summed E-state index contributed by atoms with van der Waals surface area (Å²) in [5.74, 6) is -17.6. The number of benzene rings is 1. The van der Waals surface area contributed by atoms with Crippen molar-refractivity contribution in [1.29, 1.82) is 0 Å². The lowest BCUT2D eigenvalue weighted by atomic mass is 9.99. The quantitative estimate of drug-likeness (QED) is 0.0222. The van der Waals surface area contributed by atoms with E-state index in [1.165, 1.54) is 27.7 Å². The molecule has 14 amide bonds. The molecule has 2 rings (SSSR count). The standard InChI is InChI=1S/C64H102N16O19S2/c1-30(2)21-42(74-59(94)44(23-32(5)6)75-64(99)49(29-101)79-53(88)34(8)68-36(10)82)58(93)72-41(18-19-50(83)84)56(91)73-43(22-31(3)4)60(95)77-46(25-51(85)86)61(96)71-40(17-13-14-20-65)55(90)76-45(24-37-26-67-39-16-12-11-15-38(37)39)57(92)70-35(9)54(89)78-47(27-81)62(97)80-48(28-100)63(98)69-33(7)52(66)87/h11-12,15-16,26,30-35,40-49,67,81,100-101H,13-14,17-25,27-29,65H2,1-10H3,(H2,66,87)(H,68,82)(H,69,98)(H,70,92)(H,71,96)(H,72,93)(H,73,91)(H,74,94)(H,75,99)(H,76,90)(H,77,95)(H,78,89)(H,79,88)(H,80,97)(H,83,84)(H,85,86)/t33-,34-,35-,40-,41-,42-,43-,44-,45-,46-,47-,48-,49-/m0/s1. The number of aliphatic hydroxyl groups is 1. The molecule has 0 spiro atoms. The number of nitrogens with two attached hydrogens (primary N) is 2. The van der Waals surface area contributed by atoms with Crippen molar-refractivity contribution < 1.29 is 92.0 Å². The number of aromatic nitrogens is 1. The van der Waals surface area contributed by atoms with Gasteiger partial charge in [0, 0.05) is 48.4 Å². The molecular weight excluding hydrogens is 1360 g/mol. The number of carboxylic acid groups (broad SMARTS) is 2. The Morgan fingerprint density at radius 2 is 0.802 bits per heavy atom. The Labute approximate surface area is 596 Å². The molecule has 0 radical (unpaired) electrons. The number of amides is 14. The summed E-state index contributed by atoms with van der Waals surface area (Å²) in [6, 6.07) is -12.3. The number of primary amides is 1. The molecule has 0 saturated heterocycles. The maximum absolute atomic E-state index is 14.6. The second-order valence-electron chi connectivity index (χ2n) is 25.7. The average Bonchev–Trinajstić information content (AvgIpc) is 1.72. The van der Waals surface area contributed by atoms with Crippen molar-refractivity contribution in [1.82, 2.24) is 74.1 Å². The van der Waals surface area contributed by atoms with Gasteiger partial charge in [-0.1, -0.05) is 59.7 Å². The van der Waals surface area contributed by atoms with Crippen molar-refractivity contribution in [3.05, 3.63) is 36.0 Å². The van der Waals surface area contributed by atoms with Gasteiger partial charge in [0.25, 0.3) is 0 Å². The molecule has 37 heteroatoms. The van der Waals surface area contributed by atoms with Crippen molar-refractivity contribution >= 4 is 131 Å². The third-order valence-electron chi connectivity index (χ3n) is 15.4. The smallest absolute Gasteiger partial charge is 0.305 e. The number of carbonyl (C=O) groups is 16.